The first-order chi connectivity index (χ1) is 11.8. The summed E-state index contributed by atoms with van der Waals surface area (Å²) in [6.45, 7) is 4.45. The summed E-state index contributed by atoms with van der Waals surface area (Å²) < 4.78 is 0. The number of aromatic nitrogens is 2. The van der Waals surface area contributed by atoms with Gasteiger partial charge in [-0.3, -0.25) is 0 Å². The van der Waals surface area contributed by atoms with E-state index in [-0.39, 0.29) is 0 Å². The molecule has 3 heteroatoms. The van der Waals surface area contributed by atoms with Gasteiger partial charge in [0.25, 0.3) is 0 Å². The van der Waals surface area contributed by atoms with Crippen LogP contribution in [0.5, 0.6) is 0 Å². The Morgan fingerprint density at radius 3 is 2.25 bits per heavy atom. The smallest absolute Gasteiger partial charge is 0.117 e. The number of aryl methyl sites for hydroxylation is 3. The highest BCUT2D eigenvalue weighted by molar-refractivity contribution is 7.11. The van der Waals surface area contributed by atoms with Gasteiger partial charge in [0.2, 0.25) is 0 Å². The van der Waals surface area contributed by atoms with Gasteiger partial charge in [0.15, 0.2) is 0 Å². The van der Waals surface area contributed by atoms with E-state index < -0.39 is 0 Å². The van der Waals surface area contributed by atoms with Gasteiger partial charge in [0.1, 0.15) is 10.0 Å². The molecule has 0 spiro atoms. The second-order valence-corrected chi connectivity index (χ2v) is 8.34. The zero-order chi connectivity index (χ0) is 16.8. The Morgan fingerprint density at radius 1 is 0.917 bits per heavy atom. The van der Waals surface area contributed by atoms with E-state index in [0.717, 1.165) is 36.1 Å². The van der Waals surface area contributed by atoms with Crippen molar-refractivity contribution >= 4 is 11.3 Å². The van der Waals surface area contributed by atoms with Crippen molar-refractivity contribution in [3.05, 3.63) is 45.4 Å². The molecule has 1 aliphatic carbocycles. The highest BCUT2D eigenvalue weighted by atomic mass is 32.1. The van der Waals surface area contributed by atoms with Crippen molar-refractivity contribution in [1.82, 2.24) is 10.2 Å². The van der Waals surface area contributed by atoms with Gasteiger partial charge in [-0.1, -0.05) is 51.0 Å². The fourth-order valence-electron chi connectivity index (χ4n) is 3.93. The first kappa shape index (κ1) is 17.6. The average molecular weight is 343 g/mol. The number of rotatable bonds is 7. The highest BCUT2D eigenvalue weighted by Gasteiger charge is 2.21. The van der Waals surface area contributed by atoms with Crippen molar-refractivity contribution < 1.29 is 0 Å². The Kier molecular flexibility index (Phi) is 6.42. The second-order valence-electron chi connectivity index (χ2n) is 7.19. The monoisotopic (exact) mass is 342 g/mol. The zero-order valence-electron chi connectivity index (χ0n) is 15.1. The molecule has 0 bridgehead atoms. The van der Waals surface area contributed by atoms with E-state index in [1.807, 2.05) is 0 Å². The quantitative estimate of drug-likeness (QED) is 0.620. The van der Waals surface area contributed by atoms with E-state index in [0.29, 0.717) is 0 Å². The minimum Gasteiger partial charge on any atom is -0.144 e. The molecule has 0 unspecified atom stereocenters. The normalized spacial score (nSPS) is 21.1. The molecule has 1 heterocycles. The van der Waals surface area contributed by atoms with E-state index in [4.69, 9.17) is 0 Å². The minimum atomic E-state index is 0.794. The molecule has 0 aliphatic heterocycles. The Balaban J connectivity index is 1.50. The maximum atomic E-state index is 4.28. The standard InChI is InChI=1S/C21H30N2S/c1-3-5-16-6-11-18(12-7-16)19-13-8-17(9-14-19)10-15-21-23-22-20(4-2)24-21/h8-9,13-14,16,18H,3-7,10-12,15H2,1-2H3. The van der Waals surface area contributed by atoms with Crippen molar-refractivity contribution in [3.63, 3.8) is 0 Å². The van der Waals surface area contributed by atoms with Crippen LogP contribution in [-0.4, -0.2) is 10.2 Å². The molecule has 2 nitrogen and oxygen atoms in total. The molecular formula is C21H30N2S. The number of hydrogen-bond acceptors (Lipinski definition) is 3. The summed E-state index contributed by atoms with van der Waals surface area (Å²) in [5.74, 6) is 1.79. The molecule has 1 saturated carbocycles. The zero-order valence-corrected chi connectivity index (χ0v) is 15.9. The van der Waals surface area contributed by atoms with Crippen molar-refractivity contribution in [3.8, 4) is 0 Å². The van der Waals surface area contributed by atoms with E-state index in [9.17, 15) is 0 Å². The van der Waals surface area contributed by atoms with Crippen molar-refractivity contribution in [2.24, 2.45) is 5.92 Å². The summed E-state index contributed by atoms with van der Waals surface area (Å²) in [4.78, 5) is 0. The topological polar surface area (TPSA) is 25.8 Å². The van der Waals surface area contributed by atoms with E-state index in [2.05, 4.69) is 48.3 Å². The predicted octanol–water partition coefficient (Wildman–Crippen LogP) is 5.96. The average Bonchev–Trinajstić information content (AvgIpc) is 3.10. The maximum Gasteiger partial charge on any atom is 0.117 e. The van der Waals surface area contributed by atoms with Crippen LogP contribution < -0.4 is 0 Å². The summed E-state index contributed by atoms with van der Waals surface area (Å²) in [6, 6.07) is 9.40. The molecule has 1 aliphatic rings. The summed E-state index contributed by atoms with van der Waals surface area (Å²) in [7, 11) is 0. The van der Waals surface area contributed by atoms with Gasteiger partial charge in [-0.05, 0) is 61.5 Å². The maximum absolute atomic E-state index is 4.28. The lowest BCUT2D eigenvalue weighted by atomic mass is 9.77. The van der Waals surface area contributed by atoms with Crippen LogP contribution in [0.2, 0.25) is 0 Å². The van der Waals surface area contributed by atoms with Crippen LogP contribution in [-0.2, 0) is 19.3 Å². The molecule has 2 aromatic rings. The summed E-state index contributed by atoms with van der Waals surface area (Å²) in [5, 5.41) is 10.8. The Labute approximate surface area is 150 Å². The number of nitrogens with zero attached hydrogens (tertiary/aromatic N) is 2. The molecule has 1 aromatic carbocycles. The van der Waals surface area contributed by atoms with Gasteiger partial charge in [0.05, 0.1) is 0 Å². The lowest BCUT2D eigenvalue weighted by Gasteiger charge is -2.28. The van der Waals surface area contributed by atoms with Crippen molar-refractivity contribution in [1.29, 1.82) is 0 Å². The molecule has 130 valence electrons. The fourth-order valence-corrected chi connectivity index (χ4v) is 4.72. The molecule has 0 atom stereocenters. The molecule has 0 radical (unpaired) electrons. The Morgan fingerprint density at radius 2 is 1.62 bits per heavy atom. The molecule has 0 N–H and O–H groups in total. The predicted molar refractivity (Wildman–Crippen MR) is 103 cm³/mol. The van der Waals surface area contributed by atoms with Crippen LogP contribution in [0.15, 0.2) is 24.3 Å². The van der Waals surface area contributed by atoms with Crippen LogP contribution in [0.25, 0.3) is 0 Å². The molecule has 1 aromatic heterocycles. The van der Waals surface area contributed by atoms with Crippen LogP contribution in [0.1, 0.15) is 79.4 Å². The number of hydrogen-bond donors (Lipinski definition) is 0. The van der Waals surface area contributed by atoms with Crippen molar-refractivity contribution in [2.75, 3.05) is 0 Å². The Hall–Kier alpha value is -1.22. The van der Waals surface area contributed by atoms with Crippen LogP contribution >= 0.6 is 11.3 Å². The SMILES string of the molecule is CCCC1CCC(c2ccc(CCc3nnc(CC)s3)cc2)CC1. The molecular weight excluding hydrogens is 312 g/mol. The van der Waals surface area contributed by atoms with Crippen LogP contribution in [0, 0.1) is 5.92 Å². The third-order valence-electron chi connectivity index (χ3n) is 5.43. The Bertz CT molecular complexity index is 609. The first-order valence-electron chi connectivity index (χ1n) is 9.68. The third-order valence-corrected chi connectivity index (χ3v) is 6.56. The third kappa shape index (κ3) is 4.66. The van der Waals surface area contributed by atoms with E-state index in [1.165, 1.54) is 49.1 Å². The molecule has 24 heavy (non-hydrogen) atoms. The first-order valence-corrected chi connectivity index (χ1v) is 10.5. The van der Waals surface area contributed by atoms with Gasteiger partial charge < -0.3 is 0 Å². The van der Waals surface area contributed by atoms with Gasteiger partial charge in [-0.25, -0.2) is 0 Å². The van der Waals surface area contributed by atoms with Gasteiger partial charge >= 0.3 is 0 Å². The molecule has 0 amide bonds. The second kappa shape index (κ2) is 8.75. The molecule has 1 fully saturated rings. The lowest BCUT2D eigenvalue weighted by molar-refractivity contribution is 0.308. The fraction of sp³-hybridized carbons (Fsp3) is 0.619. The minimum absolute atomic E-state index is 0.794. The summed E-state index contributed by atoms with van der Waals surface area (Å²) in [6.07, 6.45) is 11.5. The van der Waals surface area contributed by atoms with Crippen LogP contribution in [0.4, 0.5) is 0 Å². The summed E-state index contributed by atoms with van der Waals surface area (Å²) >= 11 is 1.76. The highest BCUT2D eigenvalue weighted by Crippen LogP contribution is 2.37. The lowest BCUT2D eigenvalue weighted by Crippen LogP contribution is -2.13. The van der Waals surface area contributed by atoms with E-state index in [1.54, 1.807) is 16.9 Å². The number of benzene rings is 1. The van der Waals surface area contributed by atoms with Gasteiger partial charge in [-0.15, -0.1) is 21.5 Å². The van der Waals surface area contributed by atoms with Crippen molar-refractivity contribution in [2.45, 2.75) is 77.6 Å². The van der Waals surface area contributed by atoms with Crippen LogP contribution in [0.3, 0.4) is 0 Å². The largest absolute Gasteiger partial charge is 0.144 e. The summed E-state index contributed by atoms with van der Waals surface area (Å²) in [5.41, 5.74) is 2.98. The van der Waals surface area contributed by atoms with Gasteiger partial charge in [0, 0.05) is 6.42 Å². The van der Waals surface area contributed by atoms with E-state index >= 15 is 0 Å². The van der Waals surface area contributed by atoms with Gasteiger partial charge in [-0.2, -0.15) is 0 Å². The molecule has 3 rings (SSSR count). The molecule has 0 saturated heterocycles.